The number of benzene rings is 1. The van der Waals surface area contributed by atoms with Gasteiger partial charge in [-0.15, -0.1) is 0 Å². The van der Waals surface area contributed by atoms with Gasteiger partial charge in [-0.3, -0.25) is 0 Å². The second-order valence-electron chi connectivity index (χ2n) is 6.79. The van der Waals surface area contributed by atoms with Gasteiger partial charge in [0.15, 0.2) is 0 Å². The standard InChI is InChI=1S/C18H27N3O3/c1-18(2,3)24-17(23)21-16(14(20)11-12-19)15(22)10-9-13-7-5-4-6-8-13/h4-8,14-16,22H,9-11,20H2,1-3H3,(H,21,23). The van der Waals surface area contributed by atoms with Gasteiger partial charge in [0.1, 0.15) is 5.60 Å². The Bertz CT molecular complexity index is 549. The van der Waals surface area contributed by atoms with Gasteiger partial charge in [-0.1, -0.05) is 30.3 Å². The smallest absolute Gasteiger partial charge is 0.408 e. The van der Waals surface area contributed by atoms with Gasteiger partial charge in [0.25, 0.3) is 0 Å². The summed E-state index contributed by atoms with van der Waals surface area (Å²) in [5, 5.41) is 21.9. The molecule has 0 heterocycles. The third kappa shape index (κ3) is 7.44. The molecule has 0 aliphatic rings. The molecule has 4 N–H and O–H groups in total. The average molecular weight is 333 g/mol. The highest BCUT2D eigenvalue weighted by Crippen LogP contribution is 2.12. The Labute approximate surface area is 143 Å². The van der Waals surface area contributed by atoms with Crippen LogP contribution in [0.4, 0.5) is 4.79 Å². The first-order valence-corrected chi connectivity index (χ1v) is 8.07. The summed E-state index contributed by atoms with van der Waals surface area (Å²) in [7, 11) is 0. The van der Waals surface area contributed by atoms with Crippen molar-refractivity contribution in [3.8, 4) is 6.07 Å². The number of aryl methyl sites for hydroxylation is 1. The van der Waals surface area contributed by atoms with E-state index in [4.69, 9.17) is 15.7 Å². The summed E-state index contributed by atoms with van der Waals surface area (Å²) in [5.41, 5.74) is 6.39. The number of rotatable bonds is 7. The van der Waals surface area contributed by atoms with E-state index in [0.717, 1.165) is 5.56 Å². The number of carbonyl (C=O) groups is 1. The lowest BCUT2D eigenvalue weighted by molar-refractivity contribution is 0.0388. The average Bonchev–Trinajstić information content (AvgIpc) is 2.50. The van der Waals surface area contributed by atoms with Gasteiger partial charge < -0.3 is 20.9 Å². The zero-order valence-electron chi connectivity index (χ0n) is 14.5. The number of aliphatic hydroxyl groups is 1. The molecule has 1 aromatic carbocycles. The molecule has 0 bridgehead atoms. The lowest BCUT2D eigenvalue weighted by Crippen LogP contribution is -2.55. The fraction of sp³-hybridized carbons (Fsp3) is 0.556. The molecule has 0 radical (unpaired) electrons. The number of hydrogen-bond donors (Lipinski definition) is 3. The van der Waals surface area contributed by atoms with Crippen molar-refractivity contribution < 1.29 is 14.6 Å². The van der Waals surface area contributed by atoms with Crippen LogP contribution in [0.1, 0.15) is 39.2 Å². The molecule has 0 fully saturated rings. The van der Waals surface area contributed by atoms with Crippen molar-refractivity contribution in [3.05, 3.63) is 35.9 Å². The highest BCUT2D eigenvalue weighted by molar-refractivity contribution is 5.68. The molecule has 0 aliphatic heterocycles. The normalized spacial score (nSPS) is 15.0. The van der Waals surface area contributed by atoms with Crippen LogP contribution in [0.5, 0.6) is 0 Å². The number of aliphatic hydroxyl groups excluding tert-OH is 1. The second kappa shape index (κ2) is 9.26. The van der Waals surface area contributed by atoms with Crippen LogP contribution in [0.2, 0.25) is 0 Å². The minimum Gasteiger partial charge on any atom is -0.444 e. The molecule has 0 saturated heterocycles. The molecule has 3 unspecified atom stereocenters. The van der Waals surface area contributed by atoms with Crippen LogP contribution in [0.15, 0.2) is 30.3 Å². The Morgan fingerprint density at radius 3 is 2.54 bits per heavy atom. The third-order valence-electron chi connectivity index (χ3n) is 3.46. The van der Waals surface area contributed by atoms with Crippen molar-refractivity contribution in [1.29, 1.82) is 5.26 Å². The van der Waals surface area contributed by atoms with Crippen LogP contribution in [0, 0.1) is 11.3 Å². The van der Waals surface area contributed by atoms with Crippen molar-refractivity contribution >= 4 is 6.09 Å². The van der Waals surface area contributed by atoms with Gasteiger partial charge in [-0.25, -0.2) is 4.79 Å². The van der Waals surface area contributed by atoms with E-state index >= 15 is 0 Å². The topological polar surface area (TPSA) is 108 Å². The second-order valence-corrected chi connectivity index (χ2v) is 6.79. The number of alkyl carbamates (subject to hydrolysis) is 1. The maximum atomic E-state index is 12.0. The number of nitrogens with two attached hydrogens (primary N) is 1. The summed E-state index contributed by atoms with van der Waals surface area (Å²) in [4.78, 5) is 12.0. The summed E-state index contributed by atoms with van der Waals surface area (Å²) in [5.74, 6) is 0. The number of hydrogen-bond acceptors (Lipinski definition) is 5. The maximum Gasteiger partial charge on any atom is 0.408 e. The summed E-state index contributed by atoms with van der Waals surface area (Å²) < 4.78 is 5.21. The molecule has 0 spiro atoms. The quantitative estimate of drug-likeness (QED) is 0.708. The van der Waals surface area contributed by atoms with E-state index in [9.17, 15) is 9.90 Å². The molecule has 0 aromatic heterocycles. The Morgan fingerprint density at radius 1 is 1.38 bits per heavy atom. The number of nitriles is 1. The number of amides is 1. The number of nitrogens with one attached hydrogen (secondary N) is 1. The summed E-state index contributed by atoms with van der Waals surface area (Å²) in [6.45, 7) is 5.26. The van der Waals surface area contributed by atoms with Crippen LogP contribution in [-0.4, -0.2) is 35.0 Å². The van der Waals surface area contributed by atoms with E-state index in [1.165, 1.54) is 0 Å². The number of ether oxygens (including phenoxy) is 1. The van der Waals surface area contributed by atoms with E-state index in [1.807, 2.05) is 36.4 Å². The molecule has 6 nitrogen and oxygen atoms in total. The van der Waals surface area contributed by atoms with Crippen molar-refractivity contribution in [2.75, 3.05) is 0 Å². The lowest BCUT2D eigenvalue weighted by atomic mass is 9.95. The fourth-order valence-corrected chi connectivity index (χ4v) is 2.30. The predicted octanol–water partition coefficient (Wildman–Crippen LogP) is 2.11. The van der Waals surface area contributed by atoms with E-state index in [2.05, 4.69) is 5.32 Å². The summed E-state index contributed by atoms with van der Waals surface area (Å²) in [6, 6.07) is 10.3. The molecule has 132 valence electrons. The van der Waals surface area contributed by atoms with Gasteiger partial charge in [0, 0.05) is 6.04 Å². The highest BCUT2D eigenvalue weighted by Gasteiger charge is 2.29. The molecular formula is C18H27N3O3. The molecule has 1 aromatic rings. The van der Waals surface area contributed by atoms with Crippen molar-refractivity contribution in [3.63, 3.8) is 0 Å². The molecule has 1 rings (SSSR count). The van der Waals surface area contributed by atoms with E-state index in [-0.39, 0.29) is 6.42 Å². The Kier molecular flexibility index (Phi) is 7.69. The van der Waals surface area contributed by atoms with Gasteiger partial charge in [0.05, 0.1) is 24.6 Å². The minimum atomic E-state index is -0.874. The van der Waals surface area contributed by atoms with Crippen molar-refractivity contribution in [2.45, 2.75) is 63.8 Å². The SMILES string of the molecule is CC(C)(C)OC(=O)NC(C(N)CC#N)C(O)CCc1ccccc1. The molecule has 3 atom stereocenters. The van der Waals surface area contributed by atoms with E-state index < -0.39 is 29.9 Å². The predicted molar refractivity (Wildman–Crippen MR) is 92.1 cm³/mol. The van der Waals surface area contributed by atoms with E-state index in [0.29, 0.717) is 12.8 Å². The number of carbonyl (C=O) groups excluding carboxylic acids is 1. The summed E-state index contributed by atoms with van der Waals surface area (Å²) >= 11 is 0. The molecule has 0 aliphatic carbocycles. The first-order chi connectivity index (χ1) is 11.2. The molecule has 1 amide bonds. The summed E-state index contributed by atoms with van der Waals surface area (Å²) in [6.07, 6.45) is -0.430. The van der Waals surface area contributed by atoms with Crippen LogP contribution >= 0.6 is 0 Å². The molecule has 6 heteroatoms. The van der Waals surface area contributed by atoms with Gasteiger partial charge in [0.2, 0.25) is 0 Å². The van der Waals surface area contributed by atoms with E-state index in [1.54, 1.807) is 20.8 Å². The molecular weight excluding hydrogens is 306 g/mol. The lowest BCUT2D eigenvalue weighted by Gasteiger charge is -2.29. The first-order valence-electron chi connectivity index (χ1n) is 8.07. The van der Waals surface area contributed by atoms with Gasteiger partial charge in [-0.05, 0) is 39.2 Å². The van der Waals surface area contributed by atoms with Gasteiger partial charge >= 0.3 is 6.09 Å². The van der Waals surface area contributed by atoms with Gasteiger partial charge in [-0.2, -0.15) is 5.26 Å². The van der Waals surface area contributed by atoms with Crippen LogP contribution in [0.25, 0.3) is 0 Å². The van der Waals surface area contributed by atoms with Crippen LogP contribution < -0.4 is 11.1 Å². The van der Waals surface area contributed by atoms with Crippen molar-refractivity contribution in [1.82, 2.24) is 5.32 Å². The highest BCUT2D eigenvalue weighted by atomic mass is 16.6. The Morgan fingerprint density at radius 2 is 2.00 bits per heavy atom. The largest absolute Gasteiger partial charge is 0.444 e. The maximum absolute atomic E-state index is 12.0. The molecule has 24 heavy (non-hydrogen) atoms. The van der Waals surface area contributed by atoms with Crippen molar-refractivity contribution in [2.24, 2.45) is 5.73 Å². The van der Waals surface area contributed by atoms with Crippen LogP contribution in [0.3, 0.4) is 0 Å². The fourth-order valence-electron chi connectivity index (χ4n) is 2.30. The molecule has 0 saturated carbocycles. The zero-order valence-corrected chi connectivity index (χ0v) is 14.5. The monoisotopic (exact) mass is 333 g/mol. The Balaban J connectivity index is 2.69. The van der Waals surface area contributed by atoms with Crippen LogP contribution in [-0.2, 0) is 11.2 Å². The third-order valence-corrected chi connectivity index (χ3v) is 3.46. The minimum absolute atomic E-state index is 0.0306. The number of nitrogens with zero attached hydrogens (tertiary/aromatic N) is 1. The Hall–Kier alpha value is -2.10. The first kappa shape index (κ1) is 19.9. The zero-order chi connectivity index (χ0) is 18.2.